The zero-order valence-electron chi connectivity index (χ0n) is 21.5. The molecule has 206 valence electrons. The van der Waals surface area contributed by atoms with E-state index in [1.165, 1.54) is 83.5 Å². The van der Waals surface area contributed by atoms with E-state index in [2.05, 4.69) is 20.1 Å². The fourth-order valence-corrected chi connectivity index (χ4v) is 3.32. The molecule has 7 N–H and O–H groups in total. The van der Waals surface area contributed by atoms with Crippen LogP contribution in [0.4, 0.5) is 0 Å². The molecule has 0 bridgehead atoms. The molecule has 0 amide bonds. The smallest absolute Gasteiger partial charge is 0.303 e. The minimum atomic E-state index is -1.67. The van der Waals surface area contributed by atoms with Gasteiger partial charge in [0.1, 0.15) is 24.4 Å². The molecule has 0 fully saturated rings. The third-order valence-corrected chi connectivity index (χ3v) is 5.51. The summed E-state index contributed by atoms with van der Waals surface area (Å²) in [7, 11) is 0. The van der Waals surface area contributed by atoms with E-state index in [0.717, 1.165) is 12.8 Å². The molecular formula is C26H54O8. The molecule has 8 nitrogen and oxygen atoms in total. The van der Waals surface area contributed by atoms with Crippen molar-refractivity contribution in [1.82, 2.24) is 0 Å². The summed E-state index contributed by atoms with van der Waals surface area (Å²) in [4.78, 5) is 10.3. The van der Waals surface area contributed by atoms with Crippen LogP contribution in [0, 0.1) is 0 Å². The molecule has 4 atom stereocenters. The van der Waals surface area contributed by atoms with E-state index in [1.807, 2.05) is 0 Å². The molecule has 0 spiro atoms. The van der Waals surface area contributed by atoms with Gasteiger partial charge in [-0.1, -0.05) is 96.8 Å². The highest BCUT2D eigenvalue weighted by atomic mass is 16.4. The first-order valence-electron chi connectivity index (χ1n) is 13.0. The zero-order valence-corrected chi connectivity index (χ0v) is 21.5. The summed E-state index contributed by atoms with van der Waals surface area (Å²) >= 11 is 0. The first-order chi connectivity index (χ1) is 16.3. The van der Waals surface area contributed by atoms with Crippen LogP contribution >= 0.6 is 0 Å². The number of aliphatic hydroxyl groups is 6. The minimum Gasteiger partial charge on any atom is -0.481 e. The molecule has 0 aromatic carbocycles. The first kappa shape index (κ1) is 37.5. The standard InChI is InChI=1S/C18H36O2.C6H14O6.C2H4/c1-2-3-4-5-6-7-8-9-10-11-12-13-14-15-16-17-18(19)20;7-1-3(9)5(11)6(12)4(10)2-8;1-2/h2-17H2,1H3,(H,19,20);3-12H,1-2H2;1-2H2. The molecule has 4 unspecified atom stereocenters. The Morgan fingerprint density at radius 3 is 1.09 bits per heavy atom. The second kappa shape index (κ2) is 30.0. The van der Waals surface area contributed by atoms with Crippen LogP contribution in [0.1, 0.15) is 110 Å². The maximum atomic E-state index is 10.3. The number of unbranched alkanes of at least 4 members (excludes halogenated alkanes) is 14. The molecule has 0 radical (unpaired) electrons. The number of carboxylic acids is 1. The van der Waals surface area contributed by atoms with Crippen molar-refractivity contribution in [1.29, 1.82) is 0 Å². The van der Waals surface area contributed by atoms with Crippen molar-refractivity contribution in [3.8, 4) is 0 Å². The van der Waals surface area contributed by atoms with Crippen LogP contribution < -0.4 is 0 Å². The molecule has 0 aliphatic heterocycles. The van der Waals surface area contributed by atoms with E-state index < -0.39 is 43.6 Å². The largest absolute Gasteiger partial charge is 0.481 e. The highest BCUT2D eigenvalue weighted by Crippen LogP contribution is 2.13. The quantitative estimate of drug-likeness (QED) is 0.0942. The normalized spacial score (nSPS) is 14.1. The molecular weight excluding hydrogens is 440 g/mol. The zero-order chi connectivity index (χ0) is 26.6. The Bertz CT molecular complexity index is 394. The van der Waals surface area contributed by atoms with Crippen LogP contribution in [-0.4, -0.2) is 79.3 Å². The van der Waals surface area contributed by atoms with E-state index in [9.17, 15) is 4.79 Å². The predicted octanol–water partition coefficient (Wildman–Crippen LogP) is 3.55. The van der Waals surface area contributed by atoms with Crippen LogP contribution in [0.15, 0.2) is 13.2 Å². The highest BCUT2D eigenvalue weighted by molar-refractivity contribution is 5.66. The molecule has 0 aromatic rings. The van der Waals surface area contributed by atoms with Gasteiger partial charge in [-0.2, -0.15) is 0 Å². The Hall–Kier alpha value is -1.03. The minimum absolute atomic E-state index is 0.345. The van der Waals surface area contributed by atoms with Crippen molar-refractivity contribution < 1.29 is 40.5 Å². The maximum absolute atomic E-state index is 10.3. The van der Waals surface area contributed by atoms with Crippen LogP contribution in [0.2, 0.25) is 0 Å². The Labute approximate surface area is 207 Å². The van der Waals surface area contributed by atoms with Crippen molar-refractivity contribution in [3.05, 3.63) is 13.2 Å². The van der Waals surface area contributed by atoms with Gasteiger partial charge < -0.3 is 35.7 Å². The van der Waals surface area contributed by atoms with Crippen molar-refractivity contribution in [2.75, 3.05) is 13.2 Å². The van der Waals surface area contributed by atoms with Crippen LogP contribution in [-0.2, 0) is 4.79 Å². The summed E-state index contributed by atoms with van der Waals surface area (Å²) in [5, 5.41) is 60.7. The average Bonchev–Trinajstić information content (AvgIpc) is 2.85. The van der Waals surface area contributed by atoms with Gasteiger partial charge >= 0.3 is 5.97 Å². The fraction of sp³-hybridized carbons (Fsp3) is 0.885. The van der Waals surface area contributed by atoms with Crippen LogP contribution in [0.3, 0.4) is 0 Å². The average molecular weight is 495 g/mol. The summed E-state index contributed by atoms with van der Waals surface area (Å²) in [6.07, 6.45) is 13.8. The molecule has 0 saturated heterocycles. The number of aliphatic hydroxyl groups excluding tert-OH is 6. The lowest BCUT2D eigenvalue weighted by molar-refractivity contribution is -0.137. The van der Waals surface area contributed by atoms with Gasteiger partial charge in [0.15, 0.2) is 0 Å². The van der Waals surface area contributed by atoms with Gasteiger partial charge in [0.25, 0.3) is 0 Å². The first-order valence-corrected chi connectivity index (χ1v) is 13.0. The Morgan fingerprint density at radius 2 is 0.853 bits per heavy atom. The lowest BCUT2D eigenvalue weighted by Crippen LogP contribution is -2.46. The van der Waals surface area contributed by atoms with E-state index in [-0.39, 0.29) is 0 Å². The van der Waals surface area contributed by atoms with Crippen LogP contribution in [0.5, 0.6) is 0 Å². The van der Waals surface area contributed by atoms with Crippen molar-refractivity contribution in [2.24, 2.45) is 0 Å². The van der Waals surface area contributed by atoms with Crippen molar-refractivity contribution in [3.63, 3.8) is 0 Å². The number of carboxylic acid groups (broad SMARTS) is 1. The van der Waals surface area contributed by atoms with Gasteiger partial charge in [0.05, 0.1) is 13.2 Å². The lowest BCUT2D eigenvalue weighted by atomic mass is 10.0. The van der Waals surface area contributed by atoms with E-state index in [1.54, 1.807) is 0 Å². The van der Waals surface area contributed by atoms with Gasteiger partial charge in [0, 0.05) is 6.42 Å². The topological polar surface area (TPSA) is 159 Å². The lowest BCUT2D eigenvalue weighted by Gasteiger charge is -2.24. The predicted molar refractivity (Wildman–Crippen MR) is 137 cm³/mol. The SMILES string of the molecule is C=C.CCCCCCCCCCCCCCCCCC(=O)O.OCC(O)C(O)C(O)C(O)CO. The van der Waals surface area contributed by atoms with E-state index in [4.69, 9.17) is 35.7 Å². The van der Waals surface area contributed by atoms with Crippen LogP contribution in [0.25, 0.3) is 0 Å². The van der Waals surface area contributed by atoms with Gasteiger partial charge in [-0.25, -0.2) is 0 Å². The molecule has 0 aromatic heterocycles. The summed E-state index contributed by atoms with van der Waals surface area (Å²) in [5.41, 5.74) is 0. The molecule has 8 heteroatoms. The summed E-state index contributed by atoms with van der Waals surface area (Å²) in [5.74, 6) is -0.653. The van der Waals surface area contributed by atoms with Gasteiger partial charge in [-0.3, -0.25) is 4.79 Å². The van der Waals surface area contributed by atoms with Crippen molar-refractivity contribution >= 4 is 5.97 Å². The number of carbonyl (C=O) groups is 1. The second-order valence-corrected chi connectivity index (χ2v) is 8.57. The fourth-order valence-electron chi connectivity index (χ4n) is 3.32. The molecule has 0 saturated carbocycles. The summed E-state index contributed by atoms with van der Waals surface area (Å²) in [6.45, 7) is 6.82. The monoisotopic (exact) mass is 494 g/mol. The Morgan fingerprint density at radius 1 is 0.588 bits per heavy atom. The summed E-state index contributed by atoms with van der Waals surface area (Å²) < 4.78 is 0. The second-order valence-electron chi connectivity index (χ2n) is 8.57. The third-order valence-electron chi connectivity index (χ3n) is 5.51. The van der Waals surface area contributed by atoms with Crippen molar-refractivity contribution in [2.45, 2.75) is 134 Å². The summed E-state index contributed by atoms with van der Waals surface area (Å²) in [6, 6.07) is 0. The van der Waals surface area contributed by atoms with E-state index in [0.29, 0.717) is 6.42 Å². The van der Waals surface area contributed by atoms with Gasteiger partial charge in [0.2, 0.25) is 0 Å². The molecule has 0 rings (SSSR count). The number of rotatable bonds is 21. The number of aliphatic carboxylic acids is 1. The molecule has 0 aliphatic carbocycles. The van der Waals surface area contributed by atoms with Gasteiger partial charge in [-0.15, -0.1) is 13.2 Å². The van der Waals surface area contributed by atoms with E-state index >= 15 is 0 Å². The number of hydrogen-bond donors (Lipinski definition) is 7. The molecule has 0 aliphatic rings. The highest BCUT2D eigenvalue weighted by Gasteiger charge is 2.29. The molecule has 0 heterocycles. The Balaban J connectivity index is -0.000000585. The third kappa shape index (κ3) is 27.2. The molecule has 34 heavy (non-hydrogen) atoms. The Kier molecular flexibility index (Phi) is 33.1. The van der Waals surface area contributed by atoms with Gasteiger partial charge in [-0.05, 0) is 6.42 Å². The number of hydrogen-bond acceptors (Lipinski definition) is 7. The maximum Gasteiger partial charge on any atom is 0.303 e.